The summed E-state index contributed by atoms with van der Waals surface area (Å²) in [6, 6.07) is 1.82. The number of amides is 2. The second kappa shape index (κ2) is 8.00. The third-order valence-corrected chi connectivity index (χ3v) is 3.86. The molecule has 2 amide bonds. The molecule has 0 aliphatic heterocycles. The van der Waals surface area contributed by atoms with Crippen LogP contribution in [0.1, 0.15) is 25.5 Å². The van der Waals surface area contributed by atoms with Crippen molar-refractivity contribution in [1.29, 1.82) is 0 Å². The van der Waals surface area contributed by atoms with Crippen LogP contribution in [0.5, 0.6) is 0 Å². The number of anilines is 1. The highest BCUT2D eigenvalue weighted by Crippen LogP contribution is 2.18. The number of esters is 1. The van der Waals surface area contributed by atoms with E-state index in [4.69, 9.17) is 9.26 Å². The molecule has 0 saturated heterocycles. The van der Waals surface area contributed by atoms with Crippen molar-refractivity contribution in [3.63, 3.8) is 0 Å². The first-order valence-corrected chi connectivity index (χ1v) is 8.40. The van der Waals surface area contributed by atoms with E-state index in [1.165, 1.54) is 6.92 Å². The number of hydrogen-bond donors (Lipinski definition) is 2. The van der Waals surface area contributed by atoms with Crippen molar-refractivity contribution in [2.75, 3.05) is 16.8 Å². The summed E-state index contributed by atoms with van der Waals surface area (Å²) in [6.45, 7) is 3.24. The summed E-state index contributed by atoms with van der Waals surface area (Å²) < 4.78 is 9.84. The number of hydrogen-bond acceptors (Lipinski definition) is 7. The van der Waals surface area contributed by atoms with Crippen LogP contribution in [-0.2, 0) is 19.1 Å². The Kier molecular flexibility index (Phi) is 6.03. The summed E-state index contributed by atoms with van der Waals surface area (Å²) in [6.07, 6.45) is 1.13. The largest absolute Gasteiger partial charge is 0.452 e. The molecule has 8 nitrogen and oxygen atoms in total. The molecule has 1 aliphatic rings. The Bertz CT molecular complexity index is 585. The molecular weight excluding hydrogens is 322 g/mol. The monoisotopic (exact) mass is 341 g/mol. The molecule has 1 fully saturated rings. The average Bonchev–Trinajstić information content (AvgIpc) is 3.20. The molecule has 9 heteroatoms. The lowest BCUT2D eigenvalue weighted by Gasteiger charge is -2.12. The van der Waals surface area contributed by atoms with Gasteiger partial charge in [0, 0.05) is 12.1 Å². The van der Waals surface area contributed by atoms with Crippen molar-refractivity contribution in [1.82, 2.24) is 10.5 Å². The fourth-order valence-corrected chi connectivity index (χ4v) is 2.26. The number of nitrogens with zero attached hydrogens (tertiary/aromatic N) is 1. The van der Waals surface area contributed by atoms with Crippen LogP contribution in [0.25, 0.3) is 0 Å². The highest BCUT2D eigenvalue weighted by Gasteiger charge is 2.27. The summed E-state index contributed by atoms with van der Waals surface area (Å²) in [4.78, 5) is 34.9. The van der Waals surface area contributed by atoms with Crippen LogP contribution in [0, 0.1) is 6.92 Å². The third kappa shape index (κ3) is 6.31. The Morgan fingerprint density at radius 2 is 2.17 bits per heavy atom. The van der Waals surface area contributed by atoms with E-state index in [1.807, 2.05) is 0 Å². The fourth-order valence-electron chi connectivity index (χ4n) is 1.66. The lowest BCUT2D eigenvalue weighted by atomic mass is 10.3. The summed E-state index contributed by atoms with van der Waals surface area (Å²) in [7, 11) is 0. The van der Waals surface area contributed by atoms with Gasteiger partial charge in [-0.1, -0.05) is 5.16 Å². The first-order valence-electron chi connectivity index (χ1n) is 7.25. The van der Waals surface area contributed by atoms with Crippen molar-refractivity contribution in [3.05, 3.63) is 11.8 Å². The van der Waals surface area contributed by atoms with Crippen LogP contribution in [0.3, 0.4) is 0 Å². The zero-order valence-corrected chi connectivity index (χ0v) is 13.8. The van der Waals surface area contributed by atoms with Gasteiger partial charge in [0.05, 0.1) is 11.5 Å². The smallest absolute Gasteiger partial charge is 0.316 e. The minimum absolute atomic E-state index is 0.00763. The minimum Gasteiger partial charge on any atom is -0.452 e. The third-order valence-electron chi connectivity index (χ3n) is 2.95. The van der Waals surface area contributed by atoms with Crippen LogP contribution in [0.15, 0.2) is 10.6 Å². The predicted molar refractivity (Wildman–Crippen MR) is 83.9 cm³/mol. The molecule has 1 aromatic heterocycles. The molecule has 1 saturated carbocycles. The van der Waals surface area contributed by atoms with E-state index in [0.717, 1.165) is 24.6 Å². The number of aromatic nitrogens is 1. The number of nitrogens with one attached hydrogen (secondary N) is 2. The highest BCUT2D eigenvalue weighted by atomic mass is 32.2. The Labute approximate surface area is 137 Å². The molecular formula is C14H19N3O5S. The maximum Gasteiger partial charge on any atom is 0.316 e. The van der Waals surface area contributed by atoms with Crippen molar-refractivity contribution in [2.45, 2.75) is 38.8 Å². The van der Waals surface area contributed by atoms with Gasteiger partial charge in [-0.25, -0.2) is 0 Å². The Morgan fingerprint density at radius 1 is 1.43 bits per heavy atom. The maximum absolute atomic E-state index is 11.6. The van der Waals surface area contributed by atoms with Crippen LogP contribution in [-0.4, -0.2) is 46.6 Å². The number of thioether (sulfide) groups is 1. The molecule has 1 heterocycles. The zero-order valence-electron chi connectivity index (χ0n) is 13.0. The van der Waals surface area contributed by atoms with Gasteiger partial charge in [-0.05, 0) is 26.7 Å². The molecule has 126 valence electrons. The lowest BCUT2D eigenvalue weighted by Crippen LogP contribution is -2.37. The Balaban J connectivity index is 1.60. The zero-order chi connectivity index (χ0) is 16.8. The number of ether oxygens (including phenoxy) is 1. The average molecular weight is 341 g/mol. The summed E-state index contributed by atoms with van der Waals surface area (Å²) in [5.74, 6) is -0.120. The molecule has 0 spiro atoms. The quantitative estimate of drug-likeness (QED) is 0.675. The molecule has 0 aromatic carbocycles. The topological polar surface area (TPSA) is 111 Å². The van der Waals surface area contributed by atoms with Gasteiger partial charge in [-0.3, -0.25) is 14.4 Å². The van der Waals surface area contributed by atoms with Crippen molar-refractivity contribution in [2.24, 2.45) is 0 Å². The van der Waals surface area contributed by atoms with Crippen LogP contribution < -0.4 is 10.6 Å². The molecule has 23 heavy (non-hydrogen) atoms. The maximum atomic E-state index is 11.6. The van der Waals surface area contributed by atoms with E-state index >= 15 is 0 Å². The van der Waals surface area contributed by atoms with E-state index in [2.05, 4.69) is 15.8 Å². The number of carbonyl (C=O) groups excluding carboxylic acids is 3. The lowest BCUT2D eigenvalue weighted by molar-refractivity contribution is -0.152. The number of rotatable bonds is 8. The van der Waals surface area contributed by atoms with Crippen molar-refractivity contribution in [3.8, 4) is 0 Å². The molecule has 2 N–H and O–H groups in total. The molecule has 2 rings (SSSR count). The van der Waals surface area contributed by atoms with Crippen LogP contribution in [0.4, 0.5) is 5.82 Å². The normalized spacial score (nSPS) is 14.9. The van der Waals surface area contributed by atoms with E-state index in [9.17, 15) is 14.4 Å². The predicted octanol–water partition coefficient (Wildman–Crippen LogP) is 0.865. The van der Waals surface area contributed by atoms with Gasteiger partial charge in [0.1, 0.15) is 5.76 Å². The van der Waals surface area contributed by atoms with Gasteiger partial charge in [0.15, 0.2) is 11.9 Å². The molecule has 0 unspecified atom stereocenters. The van der Waals surface area contributed by atoms with Gasteiger partial charge in [0.2, 0.25) is 5.91 Å². The van der Waals surface area contributed by atoms with Crippen LogP contribution >= 0.6 is 11.8 Å². The number of carbonyl (C=O) groups is 3. The van der Waals surface area contributed by atoms with E-state index in [0.29, 0.717) is 11.6 Å². The molecule has 0 radical (unpaired) electrons. The standard InChI is InChI=1S/C14H19N3O5S/c1-8-5-11(17-22-8)16-12(18)6-23-7-13(19)21-9(2)14(20)15-10-3-4-10/h5,9-10H,3-4,6-7H2,1-2H3,(H,15,20)(H,16,17,18)/t9-/m0/s1. The Hall–Kier alpha value is -2.03. The van der Waals surface area contributed by atoms with Crippen LogP contribution in [0.2, 0.25) is 0 Å². The molecule has 1 aliphatic carbocycles. The fraction of sp³-hybridized carbons (Fsp3) is 0.571. The summed E-state index contributed by atoms with van der Waals surface area (Å²) in [5.41, 5.74) is 0. The SMILES string of the molecule is Cc1cc(NC(=O)CSCC(=O)O[C@@H](C)C(=O)NC2CC2)no1. The van der Waals surface area contributed by atoms with Gasteiger partial charge < -0.3 is 19.9 Å². The second-order valence-electron chi connectivity index (χ2n) is 5.28. The minimum atomic E-state index is -0.823. The van der Waals surface area contributed by atoms with Gasteiger partial charge in [-0.15, -0.1) is 11.8 Å². The molecule has 0 bridgehead atoms. The Morgan fingerprint density at radius 3 is 2.78 bits per heavy atom. The number of aryl methyl sites for hydroxylation is 1. The first-order chi connectivity index (χ1) is 10.9. The van der Waals surface area contributed by atoms with E-state index < -0.39 is 12.1 Å². The summed E-state index contributed by atoms with van der Waals surface area (Å²) in [5, 5.41) is 8.94. The first kappa shape index (κ1) is 17.3. The summed E-state index contributed by atoms with van der Waals surface area (Å²) >= 11 is 1.10. The van der Waals surface area contributed by atoms with Crippen molar-refractivity contribution >= 4 is 35.4 Å². The van der Waals surface area contributed by atoms with Crippen molar-refractivity contribution < 1.29 is 23.6 Å². The molecule has 1 atom stereocenters. The molecule has 1 aromatic rings. The van der Waals surface area contributed by atoms with Gasteiger partial charge >= 0.3 is 5.97 Å². The van der Waals surface area contributed by atoms with Gasteiger partial charge in [-0.2, -0.15) is 0 Å². The highest BCUT2D eigenvalue weighted by molar-refractivity contribution is 8.00. The van der Waals surface area contributed by atoms with E-state index in [1.54, 1.807) is 13.0 Å². The van der Waals surface area contributed by atoms with Gasteiger partial charge in [0.25, 0.3) is 5.91 Å². The second-order valence-corrected chi connectivity index (χ2v) is 6.26. The van der Waals surface area contributed by atoms with E-state index in [-0.39, 0.29) is 29.4 Å².